The van der Waals surface area contributed by atoms with Gasteiger partial charge in [0.05, 0.1) is 18.7 Å². The first-order valence-electron chi connectivity index (χ1n) is 10.0. The highest BCUT2D eigenvalue weighted by Crippen LogP contribution is 2.40. The molecule has 0 heterocycles. The van der Waals surface area contributed by atoms with Crippen molar-refractivity contribution in [2.24, 2.45) is 0 Å². The molecule has 0 fully saturated rings. The van der Waals surface area contributed by atoms with Crippen LogP contribution >= 0.6 is 11.6 Å². The number of rotatable bonds is 10. The standard InChI is InChI=1S/C22H23ClF4N2O5/c1-3-34-20(22(25,26)27)15-6-4-12(13(11-33-2)9-19(30)31)8-18(15)29-21(32)28-17-7-5-14(23)10-16(17)24/h4-8,10,13,20H,3,9,11H2,1-2H3,(H,30,31)(H2,28,29,32)/t13-,20+/m1/s1. The summed E-state index contributed by atoms with van der Waals surface area (Å²) in [6, 6.07) is 6.08. The minimum Gasteiger partial charge on any atom is -0.481 e. The summed E-state index contributed by atoms with van der Waals surface area (Å²) in [4.78, 5) is 23.7. The summed E-state index contributed by atoms with van der Waals surface area (Å²) < 4.78 is 65.0. The predicted octanol–water partition coefficient (Wildman–Crippen LogP) is 5.97. The third-order valence-electron chi connectivity index (χ3n) is 4.68. The van der Waals surface area contributed by atoms with Gasteiger partial charge in [0, 0.05) is 35.9 Å². The SMILES string of the molecule is CCO[C@@H](c1ccc([C@@H](COC)CC(=O)O)cc1NC(=O)Nc1ccc(Cl)cc1F)C(F)(F)F. The number of nitrogens with one attached hydrogen (secondary N) is 2. The van der Waals surface area contributed by atoms with Gasteiger partial charge in [-0.05, 0) is 36.8 Å². The second-order valence-electron chi connectivity index (χ2n) is 7.18. The zero-order valence-electron chi connectivity index (χ0n) is 18.2. The highest BCUT2D eigenvalue weighted by atomic mass is 35.5. The molecule has 0 aromatic heterocycles. The van der Waals surface area contributed by atoms with Crippen LogP contribution in [0.25, 0.3) is 0 Å². The molecule has 12 heteroatoms. The highest BCUT2D eigenvalue weighted by Gasteiger charge is 2.43. The molecule has 0 bridgehead atoms. The third-order valence-corrected chi connectivity index (χ3v) is 4.91. The first kappa shape index (κ1) is 27.4. The number of aliphatic carboxylic acids is 1. The first-order valence-corrected chi connectivity index (χ1v) is 10.4. The number of benzene rings is 2. The Labute approximate surface area is 198 Å². The molecule has 0 spiro atoms. The van der Waals surface area contributed by atoms with Crippen molar-refractivity contribution >= 4 is 35.0 Å². The van der Waals surface area contributed by atoms with Gasteiger partial charge in [0.1, 0.15) is 5.82 Å². The molecule has 0 aliphatic heterocycles. The van der Waals surface area contributed by atoms with Gasteiger partial charge in [0.25, 0.3) is 0 Å². The quantitative estimate of drug-likeness (QED) is 0.345. The van der Waals surface area contributed by atoms with Gasteiger partial charge in [-0.2, -0.15) is 13.2 Å². The Balaban J connectivity index is 2.47. The second-order valence-corrected chi connectivity index (χ2v) is 7.61. The van der Waals surface area contributed by atoms with Crippen molar-refractivity contribution in [1.29, 1.82) is 0 Å². The van der Waals surface area contributed by atoms with Crippen LogP contribution in [0.4, 0.5) is 33.7 Å². The molecule has 0 saturated heterocycles. The van der Waals surface area contributed by atoms with Crippen LogP contribution < -0.4 is 10.6 Å². The zero-order valence-corrected chi connectivity index (χ0v) is 19.0. The number of carbonyl (C=O) groups is 2. The summed E-state index contributed by atoms with van der Waals surface area (Å²) in [7, 11) is 1.35. The molecule has 0 aliphatic rings. The average molecular weight is 507 g/mol. The number of halogens is 5. The summed E-state index contributed by atoms with van der Waals surface area (Å²) in [5.41, 5.74) is -0.624. The van der Waals surface area contributed by atoms with Gasteiger partial charge in [-0.3, -0.25) is 4.79 Å². The van der Waals surface area contributed by atoms with Crippen molar-refractivity contribution in [1.82, 2.24) is 0 Å². The van der Waals surface area contributed by atoms with E-state index in [1.165, 1.54) is 38.3 Å². The van der Waals surface area contributed by atoms with E-state index in [4.69, 9.17) is 26.2 Å². The Kier molecular flexibility index (Phi) is 9.66. The normalized spacial score (nSPS) is 13.3. The van der Waals surface area contributed by atoms with Crippen LogP contribution in [0.15, 0.2) is 36.4 Å². The van der Waals surface area contributed by atoms with Crippen molar-refractivity contribution in [2.75, 3.05) is 31.0 Å². The van der Waals surface area contributed by atoms with Crippen LogP contribution in [0, 0.1) is 5.82 Å². The van der Waals surface area contributed by atoms with Crippen molar-refractivity contribution in [3.8, 4) is 0 Å². The van der Waals surface area contributed by atoms with Crippen LogP contribution in [0.5, 0.6) is 0 Å². The molecule has 3 N–H and O–H groups in total. The number of carbonyl (C=O) groups excluding carboxylic acids is 1. The molecule has 2 aromatic carbocycles. The summed E-state index contributed by atoms with van der Waals surface area (Å²) in [5.74, 6) is -2.69. The molecule has 0 unspecified atom stereocenters. The second kappa shape index (κ2) is 12.0. The molecular weight excluding hydrogens is 484 g/mol. The molecule has 0 saturated carbocycles. The number of amides is 2. The van der Waals surface area contributed by atoms with Gasteiger partial charge in [-0.1, -0.05) is 23.7 Å². The Morgan fingerprint density at radius 2 is 1.79 bits per heavy atom. The lowest BCUT2D eigenvalue weighted by Gasteiger charge is -2.25. The number of alkyl halides is 3. The monoisotopic (exact) mass is 506 g/mol. The zero-order chi connectivity index (χ0) is 25.5. The minimum absolute atomic E-state index is 0.0264. The third kappa shape index (κ3) is 7.57. The molecule has 2 amide bonds. The minimum atomic E-state index is -4.81. The van der Waals surface area contributed by atoms with Crippen LogP contribution in [-0.2, 0) is 14.3 Å². The number of hydrogen-bond donors (Lipinski definition) is 3. The first-order chi connectivity index (χ1) is 16.0. The van der Waals surface area contributed by atoms with Gasteiger partial charge in [-0.15, -0.1) is 0 Å². The van der Waals surface area contributed by atoms with Crippen molar-refractivity contribution in [2.45, 2.75) is 31.5 Å². The van der Waals surface area contributed by atoms with E-state index in [9.17, 15) is 27.2 Å². The lowest BCUT2D eigenvalue weighted by Crippen LogP contribution is -2.27. The molecule has 34 heavy (non-hydrogen) atoms. The van der Waals surface area contributed by atoms with E-state index in [1.807, 2.05) is 0 Å². The van der Waals surface area contributed by atoms with Gasteiger partial charge in [0.2, 0.25) is 0 Å². The van der Waals surface area contributed by atoms with E-state index in [0.29, 0.717) is 5.56 Å². The maximum atomic E-state index is 14.0. The molecule has 2 rings (SSSR count). The summed E-state index contributed by atoms with van der Waals surface area (Å²) in [6.07, 6.45) is -7.53. The number of anilines is 2. The molecule has 2 atom stereocenters. The average Bonchev–Trinajstić information content (AvgIpc) is 2.73. The van der Waals surface area contributed by atoms with Crippen LogP contribution in [0.2, 0.25) is 5.02 Å². The smallest absolute Gasteiger partial charge is 0.418 e. The summed E-state index contributed by atoms with van der Waals surface area (Å²) in [6.45, 7) is 1.10. The predicted molar refractivity (Wildman–Crippen MR) is 118 cm³/mol. The maximum Gasteiger partial charge on any atom is 0.418 e. The topological polar surface area (TPSA) is 96.9 Å². The fraction of sp³-hybridized carbons (Fsp3) is 0.364. The lowest BCUT2D eigenvalue weighted by atomic mass is 9.93. The summed E-state index contributed by atoms with van der Waals surface area (Å²) >= 11 is 5.68. The number of carboxylic acids is 1. The number of methoxy groups -OCH3 is 1. The van der Waals surface area contributed by atoms with Gasteiger partial charge < -0.3 is 25.2 Å². The Hall–Kier alpha value is -2.89. The molecule has 186 valence electrons. The lowest BCUT2D eigenvalue weighted by molar-refractivity contribution is -0.222. The Bertz CT molecular complexity index is 1020. The number of carboxylic acid groups (broad SMARTS) is 1. The van der Waals surface area contributed by atoms with E-state index in [1.54, 1.807) is 0 Å². The van der Waals surface area contributed by atoms with Gasteiger partial charge in [-0.25, -0.2) is 9.18 Å². The van der Waals surface area contributed by atoms with Crippen molar-refractivity contribution in [3.63, 3.8) is 0 Å². The molecular formula is C22H23ClF4N2O5. The van der Waals surface area contributed by atoms with Crippen LogP contribution in [0.1, 0.15) is 36.5 Å². The fourth-order valence-electron chi connectivity index (χ4n) is 3.24. The number of hydrogen-bond acceptors (Lipinski definition) is 4. The van der Waals surface area contributed by atoms with Gasteiger partial charge in [0.15, 0.2) is 6.10 Å². The van der Waals surface area contributed by atoms with E-state index in [-0.39, 0.29) is 36.0 Å². The fourth-order valence-corrected chi connectivity index (χ4v) is 3.40. The van der Waals surface area contributed by atoms with E-state index >= 15 is 0 Å². The molecule has 0 aliphatic carbocycles. The molecule has 7 nitrogen and oxygen atoms in total. The van der Waals surface area contributed by atoms with Crippen molar-refractivity contribution in [3.05, 3.63) is 58.4 Å². The Morgan fingerprint density at radius 3 is 2.35 bits per heavy atom. The van der Waals surface area contributed by atoms with Crippen LogP contribution in [-0.4, -0.2) is 43.6 Å². The summed E-state index contributed by atoms with van der Waals surface area (Å²) in [5, 5.41) is 13.7. The van der Waals surface area contributed by atoms with E-state index in [0.717, 1.165) is 12.1 Å². The number of urea groups is 1. The van der Waals surface area contributed by atoms with E-state index < -0.39 is 41.6 Å². The molecule has 2 aromatic rings. The molecule has 0 radical (unpaired) electrons. The van der Waals surface area contributed by atoms with Gasteiger partial charge >= 0.3 is 18.2 Å². The largest absolute Gasteiger partial charge is 0.481 e. The highest BCUT2D eigenvalue weighted by molar-refractivity contribution is 6.30. The van der Waals surface area contributed by atoms with Crippen LogP contribution in [0.3, 0.4) is 0 Å². The maximum absolute atomic E-state index is 14.0. The number of ether oxygens (including phenoxy) is 2. The van der Waals surface area contributed by atoms with Crippen molar-refractivity contribution < 1.29 is 41.7 Å². The Morgan fingerprint density at radius 1 is 1.12 bits per heavy atom. The van der Waals surface area contributed by atoms with E-state index in [2.05, 4.69) is 10.6 Å².